The fourth-order valence-corrected chi connectivity index (χ4v) is 2.40. The first kappa shape index (κ1) is 21.1. The van der Waals surface area contributed by atoms with E-state index in [1.54, 1.807) is 42.5 Å². The van der Waals surface area contributed by atoms with Crippen molar-refractivity contribution < 1.29 is 28.5 Å². The molecule has 2 aromatic carbocycles. The van der Waals surface area contributed by atoms with Crippen LogP contribution >= 0.6 is 0 Å². The van der Waals surface area contributed by atoms with E-state index in [0.717, 1.165) is 0 Å². The summed E-state index contributed by atoms with van der Waals surface area (Å²) in [5, 5.41) is 2.69. The van der Waals surface area contributed by atoms with Gasteiger partial charge in [0, 0.05) is 6.07 Å². The lowest BCUT2D eigenvalue weighted by Gasteiger charge is -2.13. The third-order valence-corrected chi connectivity index (χ3v) is 3.57. The lowest BCUT2D eigenvalue weighted by Crippen LogP contribution is -2.21. The molecule has 28 heavy (non-hydrogen) atoms. The van der Waals surface area contributed by atoms with Crippen molar-refractivity contribution >= 4 is 17.6 Å². The SMILES string of the molecule is CCOc1ccc(C(=O)OCC(=O)Nc2cc(OCC)ccc2OCC)cc1. The molecular formula is C21H25NO6. The maximum Gasteiger partial charge on any atom is 0.338 e. The second-order valence-corrected chi connectivity index (χ2v) is 5.61. The minimum Gasteiger partial charge on any atom is -0.494 e. The predicted molar refractivity (Wildman–Crippen MR) is 105 cm³/mol. The van der Waals surface area contributed by atoms with Gasteiger partial charge >= 0.3 is 5.97 Å². The molecule has 7 nitrogen and oxygen atoms in total. The summed E-state index contributed by atoms with van der Waals surface area (Å²) >= 11 is 0. The highest BCUT2D eigenvalue weighted by Crippen LogP contribution is 2.29. The summed E-state index contributed by atoms with van der Waals surface area (Å²) in [6.45, 7) is 6.66. The van der Waals surface area contributed by atoms with Gasteiger partial charge in [-0.1, -0.05) is 0 Å². The average Bonchev–Trinajstić information content (AvgIpc) is 2.69. The van der Waals surface area contributed by atoms with E-state index in [0.29, 0.717) is 48.3 Å². The molecule has 0 atom stereocenters. The van der Waals surface area contributed by atoms with Crippen LogP contribution in [0.1, 0.15) is 31.1 Å². The largest absolute Gasteiger partial charge is 0.494 e. The molecule has 0 aromatic heterocycles. The molecule has 0 aliphatic heterocycles. The van der Waals surface area contributed by atoms with E-state index in [-0.39, 0.29) is 0 Å². The summed E-state index contributed by atoms with van der Waals surface area (Å²) in [4.78, 5) is 24.3. The number of hydrogen-bond acceptors (Lipinski definition) is 6. The van der Waals surface area contributed by atoms with Gasteiger partial charge in [-0.25, -0.2) is 4.79 Å². The number of esters is 1. The van der Waals surface area contributed by atoms with Gasteiger partial charge in [0.05, 0.1) is 31.1 Å². The van der Waals surface area contributed by atoms with Gasteiger partial charge in [-0.05, 0) is 57.2 Å². The summed E-state index contributed by atoms with van der Waals surface area (Å²) in [6.07, 6.45) is 0. The second-order valence-electron chi connectivity index (χ2n) is 5.61. The number of nitrogens with one attached hydrogen (secondary N) is 1. The molecule has 0 saturated carbocycles. The van der Waals surface area contributed by atoms with Crippen LogP contribution in [-0.4, -0.2) is 38.3 Å². The molecule has 0 fully saturated rings. The number of amides is 1. The number of hydrogen-bond donors (Lipinski definition) is 1. The van der Waals surface area contributed by atoms with E-state index < -0.39 is 18.5 Å². The lowest BCUT2D eigenvalue weighted by atomic mass is 10.2. The number of carbonyl (C=O) groups is 2. The molecule has 0 saturated heterocycles. The van der Waals surface area contributed by atoms with Crippen molar-refractivity contribution in [1.29, 1.82) is 0 Å². The van der Waals surface area contributed by atoms with Gasteiger partial charge in [0.1, 0.15) is 17.2 Å². The normalized spacial score (nSPS) is 10.1. The first-order chi connectivity index (χ1) is 13.6. The van der Waals surface area contributed by atoms with Crippen LogP contribution in [0.25, 0.3) is 0 Å². The quantitative estimate of drug-likeness (QED) is 0.626. The Morgan fingerprint density at radius 1 is 0.821 bits per heavy atom. The van der Waals surface area contributed by atoms with Crippen LogP contribution in [0.3, 0.4) is 0 Å². The third kappa shape index (κ3) is 6.19. The highest BCUT2D eigenvalue weighted by molar-refractivity contribution is 5.96. The number of carbonyl (C=O) groups excluding carboxylic acids is 2. The zero-order valence-electron chi connectivity index (χ0n) is 16.3. The first-order valence-corrected chi connectivity index (χ1v) is 9.16. The number of anilines is 1. The smallest absolute Gasteiger partial charge is 0.338 e. The van der Waals surface area contributed by atoms with Gasteiger partial charge in [-0.3, -0.25) is 4.79 Å². The van der Waals surface area contributed by atoms with Gasteiger partial charge in [-0.2, -0.15) is 0 Å². The fourth-order valence-electron chi connectivity index (χ4n) is 2.40. The van der Waals surface area contributed by atoms with Crippen molar-refractivity contribution in [1.82, 2.24) is 0 Å². The number of ether oxygens (including phenoxy) is 4. The zero-order valence-corrected chi connectivity index (χ0v) is 16.3. The summed E-state index contributed by atoms with van der Waals surface area (Å²) in [6, 6.07) is 11.7. The van der Waals surface area contributed by atoms with Crippen molar-refractivity contribution in [2.24, 2.45) is 0 Å². The van der Waals surface area contributed by atoms with E-state index in [4.69, 9.17) is 18.9 Å². The molecule has 1 amide bonds. The van der Waals surface area contributed by atoms with E-state index in [2.05, 4.69) is 5.32 Å². The average molecular weight is 387 g/mol. The van der Waals surface area contributed by atoms with Gasteiger partial charge < -0.3 is 24.3 Å². The molecule has 1 N–H and O–H groups in total. The fraction of sp³-hybridized carbons (Fsp3) is 0.333. The topological polar surface area (TPSA) is 83.1 Å². The summed E-state index contributed by atoms with van der Waals surface area (Å²) in [5.41, 5.74) is 0.791. The Bertz CT molecular complexity index is 788. The molecule has 0 heterocycles. The number of rotatable bonds is 10. The Balaban J connectivity index is 1.95. The van der Waals surface area contributed by atoms with Gasteiger partial charge in [0.15, 0.2) is 6.61 Å². The minimum absolute atomic E-state index is 0.338. The van der Waals surface area contributed by atoms with Crippen LogP contribution in [0.2, 0.25) is 0 Å². The number of benzene rings is 2. The molecule has 0 aliphatic carbocycles. The Kier molecular flexibility index (Phi) is 8.14. The van der Waals surface area contributed by atoms with Crippen molar-refractivity contribution in [3.8, 4) is 17.2 Å². The summed E-state index contributed by atoms with van der Waals surface area (Å²) in [7, 11) is 0. The third-order valence-electron chi connectivity index (χ3n) is 3.57. The molecule has 0 unspecified atom stereocenters. The first-order valence-electron chi connectivity index (χ1n) is 9.16. The highest BCUT2D eigenvalue weighted by Gasteiger charge is 2.13. The van der Waals surface area contributed by atoms with Crippen molar-refractivity contribution in [3.05, 3.63) is 48.0 Å². The van der Waals surface area contributed by atoms with Crippen LogP contribution in [-0.2, 0) is 9.53 Å². The van der Waals surface area contributed by atoms with Crippen LogP contribution in [0.15, 0.2) is 42.5 Å². The Hall–Kier alpha value is -3.22. The summed E-state index contributed by atoms with van der Waals surface area (Å²) in [5.74, 6) is 0.708. The molecular weight excluding hydrogens is 362 g/mol. The molecule has 7 heteroatoms. The van der Waals surface area contributed by atoms with Crippen LogP contribution in [0, 0.1) is 0 Å². The summed E-state index contributed by atoms with van der Waals surface area (Å²) < 4.78 is 21.3. The Morgan fingerprint density at radius 2 is 1.43 bits per heavy atom. The molecule has 2 rings (SSSR count). The monoisotopic (exact) mass is 387 g/mol. The van der Waals surface area contributed by atoms with E-state index in [1.807, 2.05) is 20.8 Å². The molecule has 2 aromatic rings. The highest BCUT2D eigenvalue weighted by atomic mass is 16.5. The van der Waals surface area contributed by atoms with Crippen LogP contribution in [0.5, 0.6) is 17.2 Å². The van der Waals surface area contributed by atoms with Gasteiger partial charge in [-0.15, -0.1) is 0 Å². The molecule has 0 radical (unpaired) electrons. The Labute approximate surface area is 164 Å². The van der Waals surface area contributed by atoms with Crippen LogP contribution < -0.4 is 19.5 Å². The van der Waals surface area contributed by atoms with Crippen molar-refractivity contribution in [3.63, 3.8) is 0 Å². The molecule has 0 aliphatic rings. The maximum absolute atomic E-state index is 12.2. The minimum atomic E-state index is -0.591. The van der Waals surface area contributed by atoms with Gasteiger partial charge in [0.25, 0.3) is 5.91 Å². The maximum atomic E-state index is 12.2. The van der Waals surface area contributed by atoms with E-state index in [1.165, 1.54) is 0 Å². The molecule has 0 bridgehead atoms. The zero-order chi connectivity index (χ0) is 20.4. The predicted octanol–water partition coefficient (Wildman–Crippen LogP) is 3.68. The lowest BCUT2D eigenvalue weighted by molar-refractivity contribution is -0.119. The van der Waals surface area contributed by atoms with E-state index in [9.17, 15) is 9.59 Å². The Morgan fingerprint density at radius 3 is 2.07 bits per heavy atom. The van der Waals surface area contributed by atoms with Crippen molar-refractivity contribution in [2.75, 3.05) is 31.7 Å². The molecule has 150 valence electrons. The van der Waals surface area contributed by atoms with E-state index >= 15 is 0 Å². The van der Waals surface area contributed by atoms with Gasteiger partial charge in [0.2, 0.25) is 0 Å². The molecule has 0 spiro atoms. The second kappa shape index (κ2) is 10.8. The standard InChI is InChI=1S/C21H25NO6/c1-4-25-16-9-7-15(8-10-16)21(24)28-14-20(23)22-18-13-17(26-5-2)11-12-19(18)27-6-3/h7-13H,4-6,14H2,1-3H3,(H,22,23). The van der Waals surface area contributed by atoms with Crippen molar-refractivity contribution in [2.45, 2.75) is 20.8 Å². The van der Waals surface area contributed by atoms with Crippen LogP contribution in [0.4, 0.5) is 5.69 Å².